The number of nitrogens with zero attached hydrogens (tertiary/aromatic N) is 2. The third-order valence-corrected chi connectivity index (χ3v) is 8.26. The van der Waals surface area contributed by atoms with Crippen LogP contribution in [0.5, 0.6) is 5.75 Å². The van der Waals surface area contributed by atoms with Crippen LogP contribution in [0.1, 0.15) is 64.5 Å². The molecule has 5 nitrogen and oxygen atoms in total. The van der Waals surface area contributed by atoms with E-state index in [9.17, 15) is 14.7 Å². The first-order valence-electron chi connectivity index (χ1n) is 11.1. The van der Waals surface area contributed by atoms with Crippen LogP contribution in [-0.4, -0.2) is 52.4 Å². The minimum absolute atomic E-state index is 0.0648. The van der Waals surface area contributed by atoms with E-state index in [1.807, 2.05) is 17.9 Å². The molecule has 0 saturated carbocycles. The standard InChI is InChI=1S/C24H34N2O3/c1-5-7-21(28)25-12-10-16(15-25)22(29)26-13-11-24(4)18-8-6-9-19(27)17(18)14-20(26)23(24,2)3/h6,8-9,16,20,27H,5,7,10-15H2,1-4H3/t16?,20-,24-/m0/s1. The Kier molecular flexibility index (Phi) is 4.91. The molecule has 158 valence electrons. The summed E-state index contributed by atoms with van der Waals surface area (Å²) >= 11 is 0. The molecule has 2 saturated heterocycles. The van der Waals surface area contributed by atoms with Crippen LogP contribution in [0.2, 0.25) is 0 Å². The summed E-state index contributed by atoms with van der Waals surface area (Å²) in [5.41, 5.74) is 2.09. The van der Waals surface area contributed by atoms with Gasteiger partial charge in [0.25, 0.3) is 0 Å². The van der Waals surface area contributed by atoms with Crippen molar-refractivity contribution in [3.05, 3.63) is 29.3 Å². The lowest BCUT2D eigenvalue weighted by Crippen LogP contribution is -2.65. The van der Waals surface area contributed by atoms with Gasteiger partial charge >= 0.3 is 0 Å². The van der Waals surface area contributed by atoms with E-state index in [1.165, 1.54) is 5.56 Å². The van der Waals surface area contributed by atoms with Gasteiger partial charge < -0.3 is 14.9 Å². The van der Waals surface area contributed by atoms with Crippen LogP contribution in [0.25, 0.3) is 0 Å². The van der Waals surface area contributed by atoms with Crippen molar-refractivity contribution in [3.63, 3.8) is 0 Å². The topological polar surface area (TPSA) is 60.9 Å². The number of phenols is 1. The fourth-order valence-electron chi connectivity index (χ4n) is 5.98. The first kappa shape index (κ1) is 20.2. The number of hydrogen-bond donors (Lipinski definition) is 1. The molecular formula is C24H34N2O3. The van der Waals surface area contributed by atoms with Gasteiger partial charge in [-0.05, 0) is 48.3 Å². The zero-order valence-corrected chi connectivity index (χ0v) is 18.2. The normalized spacial score (nSPS) is 30.2. The molecule has 1 unspecified atom stereocenters. The number of phenolic OH excluding ortho intramolecular Hbond substituents is 1. The third-order valence-electron chi connectivity index (χ3n) is 8.26. The summed E-state index contributed by atoms with van der Waals surface area (Å²) in [6.45, 7) is 10.8. The number of aromatic hydroxyl groups is 1. The largest absolute Gasteiger partial charge is 0.508 e. The molecule has 1 N–H and O–H groups in total. The van der Waals surface area contributed by atoms with Gasteiger partial charge in [-0.1, -0.05) is 39.8 Å². The van der Waals surface area contributed by atoms with Crippen molar-refractivity contribution in [2.24, 2.45) is 11.3 Å². The number of hydrogen-bond acceptors (Lipinski definition) is 3. The number of fused-ring (bicyclic) bond motifs is 4. The second-order valence-electron chi connectivity index (χ2n) is 9.93. The Labute approximate surface area is 174 Å². The molecule has 0 radical (unpaired) electrons. The molecule has 2 bridgehead atoms. The lowest BCUT2D eigenvalue weighted by molar-refractivity contribution is -0.148. The summed E-state index contributed by atoms with van der Waals surface area (Å²) in [7, 11) is 0. The highest BCUT2D eigenvalue weighted by atomic mass is 16.3. The average molecular weight is 399 g/mol. The molecule has 1 aliphatic carbocycles. The molecule has 2 fully saturated rings. The highest BCUT2D eigenvalue weighted by Crippen LogP contribution is 2.57. The predicted octanol–water partition coefficient (Wildman–Crippen LogP) is 3.48. The van der Waals surface area contributed by atoms with Crippen molar-refractivity contribution >= 4 is 11.8 Å². The fraction of sp³-hybridized carbons (Fsp3) is 0.667. The summed E-state index contributed by atoms with van der Waals surface area (Å²) < 4.78 is 0. The first-order valence-corrected chi connectivity index (χ1v) is 11.1. The van der Waals surface area contributed by atoms with E-state index < -0.39 is 0 Å². The van der Waals surface area contributed by atoms with Crippen LogP contribution in [0, 0.1) is 11.3 Å². The quantitative estimate of drug-likeness (QED) is 0.848. The van der Waals surface area contributed by atoms with E-state index in [-0.39, 0.29) is 34.6 Å². The van der Waals surface area contributed by atoms with Gasteiger partial charge in [-0.2, -0.15) is 0 Å². The van der Waals surface area contributed by atoms with Crippen LogP contribution < -0.4 is 0 Å². The first-order chi connectivity index (χ1) is 13.7. The molecule has 1 aromatic rings. The Balaban J connectivity index is 1.59. The maximum atomic E-state index is 13.5. The number of benzene rings is 1. The monoisotopic (exact) mass is 398 g/mol. The number of piperidine rings is 1. The van der Waals surface area contributed by atoms with E-state index in [0.717, 1.165) is 31.4 Å². The van der Waals surface area contributed by atoms with Gasteiger partial charge in [0.15, 0.2) is 0 Å². The smallest absolute Gasteiger partial charge is 0.227 e. The molecule has 0 aromatic heterocycles. The Morgan fingerprint density at radius 3 is 2.69 bits per heavy atom. The van der Waals surface area contributed by atoms with Crippen LogP contribution in [0.15, 0.2) is 18.2 Å². The van der Waals surface area contributed by atoms with Crippen molar-refractivity contribution in [1.82, 2.24) is 9.80 Å². The van der Waals surface area contributed by atoms with Gasteiger partial charge in [0.2, 0.25) is 11.8 Å². The van der Waals surface area contributed by atoms with Crippen LogP contribution in [0.4, 0.5) is 0 Å². The lowest BCUT2D eigenvalue weighted by atomic mass is 9.51. The molecule has 29 heavy (non-hydrogen) atoms. The molecule has 3 atom stereocenters. The lowest BCUT2D eigenvalue weighted by Gasteiger charge is -2.61. The molecule has 2 aliphatic heterocycles. The van der Waals surface area contributed by atoms with Crippen LogP contribution >= 0.6 is 0 Å². The van der Waals surface area contributed by atoms with Crippen LogP contribution in [-0.2, 0) is 21.4 Å². The van der Waals surface area contributed by atoms with E-state index in [1.54, 1.807) is 6.07 Å². The maximum Gasteiger partial charge on any atom is 0.227 e. The van der Waals surface area contributed by atoms with E-state index in [0.29, 0.717) is 31.7 Å². The van der Waals surface area contributed by atoms with Gasteiger partial charge in [0, 0.05) is 37.5 Å². The number of amides is 2. The second-order valence-corrected chi connectivity index (χ2v) is 9.93. The van der Waals surface area contributed by atoms with Crippen molar-refractivity contribution in [2.45, 2.75) is 71.3 Å². The van der Waals surface area contributed by atoms with Gasteiger partial charge in [-0.25, -0.2) is 0 Å². The predicted molar refractivity (Wildman–Crippen MR) is 113 cm³/mol. The number of likely N-dealkylation sites (tertiary alicyclic amines) is 2. The molecule has 4 rings (SSSR count). The number of carbonyl (C=O) groups is 2. The minimum atomic E-state index is -0.0956. The zero-order valence-electron chi connectivity index (χ0n) is 18.2. The number of carbonyl (C=O) groups excluding carboxylic acids is 2. The highest BCUT2D eigenvalue weighted by molar-refractivity contribution is 5.83. The van der Waals surface area contributed by atoms with Crippen molar-refractivity contribution in [3.8, 4) is 5.75 Å². The Morgan fingerprint density at radius 2 is 1.97 bits per heavy atom. The van der Waals surface area contributed by atoms with Gasteiger partial charge in [-0.3, -0.25) is 9.59 Å². The molecule has 2 heterocycles. The summed E-state index contributed by atoms with van der Waals surface area (Å²) in [6, 6.07) is 5.92. The molecule has 3 aliphatic rings. The third kappa shape index (κ3) is 2.96. The maximum absolute atomic E-state index is 13.5. The fourth-order valence-corrected chi connectivity index (χ4v) is 5.98. The Morgan fingerprint density at radius 1 is 1.21 bits per heavy atom. The van der Waals surface area contributed by atoms with Crippen molar-refractivity contribution in [1.29, 1.82) is 0 Å². The van der Waals surface area contributed by atoms with Gasteiger partial charge in [0.1, 0.15) is 5.75 Å². The number of rotatable bonds is 3. The molecule has 1 aromatic carbocycles. The van der Waals surface area contributed by atoms with Crippen LogP contribution in [0.3, 0.4) is 0 Å². The average Bonchev–Trinajstić information content (AvgIpc) is 3.15. The SMILES string of the molecule is CCCC(=O)N1CCC(C(=O)N2CC[C@@]3(C)c4cccc(O)c4C[C@H]2C3(C)C)C1. The summed E-state index contributed by atoms with van der Waals surface area (Å²) in [6.07, 6.45) is 3.76. The van der Waals surface area contributed by atoms with Crippen molar-refractivity contribution in [2.75, 3.05) is 19.6 Å². The summed E-state index contributed by atoms with van der Waals surface area (Å²) in [5.74, 6) is 0.615. The second kappa shape index (κ2) is 7.03. The van der Waals surface area contributed by atoms with Crippen molar-refractivity contribution < 1.29 is 14.7 Å². The summed E-state index contributed by atoms with van der Waals surface area (Å²) in [5, 5.41) is 10.5. The highest BCUT2D eigenvalue weighted by Gasteiger charge is 2.57. The zero-order chi connectivity index (χ0) is 21.0. The summed E-state index contributed by atoms with van der Waals surface area (Å²) in [4.78, 5) is 29.7. The molecular weight excluding hydrogens is 364 g/mol. The van der Waals surface area contributed by atoms with Gasteiger partial charge in [-0.15, -0.1) is 0 Å². The molecule has 0 spiro atoms. The van der Waals surface area contributed by atoms with E-state index >= 15 is 0 Å². The molecule has 2 amide bonds. The molecule has 5 heteroatoms. The minimum Gasteiger partial charge on any atom is -0.508 e. The Hall–Kier alpha value is -2.04. The van der Waals surface area contributed by atoms with E-state index in [2.05, 4.69) is 31.7 Å². The van der Waals surface area contributed by atoms with Gasteiger partial charge in [0.05, 0.1) is 5.92 Å². The Bertz CT molecular complexity index is 833. The van der Waals surface area contributed by atoms with E-state index in [4.69, 9.17) is 0 Å².